The number of nitrogens with one attached hydrogen (secondary N) is 1. The third kappa shape index (κ3) is 2.29. The molecule has 0 aliphatic rings. The van der Waals surface area contributed by atoms with Crippen LogP contribution in [0.25, 0.3) is 11.4 Å². The number of H-pyrrole nitrogens is 1. The smallest absolute Gasteiger partial charge is 0.351 e. The highest BCUT2D eigenvalue weighted by molar-refractivity contribution is 5.56. The Bertz CT molecular complexity index is 627. The molecule has 0 aliphatic heterocycles. The molecular formula is C11H10FN3O3. The van der Waals surface area contributed by atoms with Crippen LogP contribution in [-0.2, 0) is 0 Å². The van der Waals surface area contributed by atoms with Crippen molar-refractivity contribution in [2.24, 2.45) is 0 Å². The molecule has 6 nitrogen and oxygen atoms in total. The lowest BCUT2D eigenvalue weighted by molar-refractivity contribution is 0.376. The molecule has 18 heavy (non-hydrogen) atoms. The third-order valence-electron chi connectivity index (χ3n) is 2.24. The van der Waals surface area contributed by atoms with Gasteiger partial charge in [0, 0.05) is 5.56 Å². The molecule has 7 heteroatoms. The Hall–Kier alpha value is -2.44. The van der Waals surface area contributed by atoms with Crippen LogP contribution in [0.5, 0.6) is 11.8 Å². The van der Waals surface area contributed by atoms with Gasteiger partial charge in [0.05, 0.1) is 14.2 Å². The maximum Gasteiger partial charge on any atom is 0.351 e. The summed E-state index contributed by atoms with van der Waals surface area (Å²) in [4.78, 5) is 21.0. The summed E-state index contributed by atoms with van der Waals surface area (Å²) in [6.07, 6.45) is 0. The highest BCUT2D eigenvalue weighted by atomic mass is 19.1. The van der Waals surface area contributed by atoms with Crippen molar-refractivity contribution >= 4 is 0 Å². The number of methoxy groups -OCH3 is 2. The second-order valence-electron chi connectivity index (χ2n) is 3.34. The summed E-state index contributed by atoms with van der Waals surface area (Å²) in [6, 6.07) is 4.14. The summed E-state index contributed by atoms with van der Waals surface area (Å²) in [6.45, 7) is 0. The van der Waals surface area contributed by atoms with Gasteiger partial charge in [0.1, 0.15) is 5.82 Å². The van der Waals surface area contributed by atoms with Gasteiger partial charge in [-0.2, -0.15) is 4.98 Å². The van der Waals surface area contributed by atoms with Crippen LogP contribution in [0.3, 0.4) is 0 Å². The number of hydrogen-bond donors (Lipinski definition) is 1. The van der Waals surface area contributed by atoms with Crippen LogP contribution in [-0.4, -0.2) is 29.2 Å². The molecule has 2 rings (SSSR count). The van der Waals surface area contributed by atoms with Crippen molar-refractivity contribution < 1.29 is 13.9 Å². The minimum absolute atomic E-state index is 0.0787. The fraction of sp³-hybridized carbons (Fsp3) is 0.182. The molecule has 1 N–H and O–H groups in total. The molecular weight excluding hydrogens is 241 g/mol. The number of aromatic nitrogens is 3. The second-order valence-corrected chi connectivity index (χ2v) is 3.34. The number of hydrogen-bond acceptors (Lipinski definition) is 5. The van der Waals surface area contributed by atoms with Gasteiger partial charge in [-0.15, -0.1) is 4.98 Å². The summed E-state index contributed by atoms with van der Waals surface area (Å²) in [5, 5.41) is 0. The largest absolute Gasteiger partial charge is 0.494 e. The van der Waals surface area contributed by atoms with E-state index in [4.69, 9.17) is 9.47 Å². The summed E-state index contributed by atoms with van der Waals surface area (Å²) in [5.41, 5.74) is -0.223. The monoisotopic (exact) mass is 251 g/mol. The Morgan fingerprint density at radius 1 is 1.22 bits per heavy atom. The second kappa shape index (κ2) is 4.82. The fourth-order valence-corrected chi connectivity index (χ4v) is 1.41. The number of halogens is 1. The molecule has 1 heterocycles. The van der Waals surface area contributed by atoms with Crippen molar-refractivity contribution in [2.75, 3.05) is 14.2 Å². The molecule has 0 bridgehead atoms. The molecule has 0 atom stereocenters. The highest BCUT2D eigenvalue weighted by Crippen LogP contribution is 2.22. The van der Waals surface area contributed by atoms with Gasteiger partial charge in [-0.3, -0.25) is 4.98 Å². The van der Waals surface area contributed by atoms with Crippen molar-refractivity contribution in [3.63, 3.8) is 0 Å². The first kappa shape index (κ1) is 12.0. The van der Waals surface area contributed by atoms with E-state index in [1.54, 1.807) is 6.07 Å². The maximum absolute atomic E-state index is 13.5. The Labute approximate surface area is 101 Å². The van der Waals surface area contributed by atoms with Crippen molar-refractivity contribution in [3.05, 3.63) is 34.5 Å². The van der Waals surface area contributed by atoms with Crippen molar-refractivity contribution in [3.8, 4) is 23.1 Å². The molecule has 1 aromatic heterocycles. The normalized spacial score (nSPS) is 10.2. The molecule has 0 radical (unpaired) electrons. The molecule has 0 aliphatic carbocycles. The minimum atomic E-state index is -0.618. The number of rotatable bonds is 3. The third-order valence-corrected chi connectivity index (χ3v) is 2.24. The van der Waals surface area contributed by atoms with E-state index in [9.17, 15) is 9.18 Å². The summed E-state index contributed by atoms with van der Waals surface area (Å²) >= 11 is 0. The van der Waals surface area contributed by atoms with Crippen LogP contribution in [0.1, 0.15) is 0 Å². The van der Waals surface area contributed by atoms with E-state index in [-0.39, 0.29) is 17.6 Å². The van der Waals surface area contributed by atoms with Gasteiger partial charge in [-0.1, -0.05) is 0 Å². The molecule has 0 fully saturated rings. The lowest BCUT2D eigenvalue weighted by atomic mass is 10.2. The number of aromatic amines is 1. The van der Waals surface area contributed by atoms with Crippen LogP contribution in [0, 0.1) is 5.82 Å². The van der Waals surface area contributed by atoms with E-state index >= 15 is 0 Å². The minimum Gasteiger partial charge on any atom is -0.494 e. The molecule has 2 aromatic rings. The van der Waals surface area contributed by atoms with E-state index in [1.807, 2.05) is 0 Å². The Kier molecular flexibility index (Phi) is 3.22. The molecule has 0 unspecified atom stereocenters. The van der Waals surface area contributed by atoms with Crippen LogP contribution >= 0.6 is 0 Å². The van der Waals surface area contributed by atoms with E-state index in [2.05, 4.69) is 15.0 Å². The summed E-state index contributed by atoms with van der Waals surface area (Å²) in [5.74, 6) is -0.260. The lowest BCUT2D eigenvalue weighted by Crippen LogP contribution is -2.14. The first-order chi connectivity index (χ1) is 8.63. The van der Waals surface area contributed by atoms with Crippen molar-refractivity contribution in [1.29, 1.82) is 0 Å². The first-order valence-electron chi connectivity index (χ1n) is 5.00. The molecule has 0 amide bonds. The van der Waals surface area contributed by atoms with Gasteiger partial charge in [0.2, 0.25) is 0 Å². The van der Waals surface area contributed by atoms with E-state index < -0.39 is 11.5 Å². The molecule has 1 aromatic carbocycles. The van der Waals surface area contributed by atoms with E-state index in [0.29, 0.717) is 5.56 Å². The molecule has 0 saturated carbocycles. The van der Waals surface area contributed by atoms with Gasteiger partial charge in [0.25, 0.3) is 0 Å². The predicted molar refractivity (Wildman–Crippen MR) is 61.2 cm³/mol. The van der Waals surface area contributed by atoms with Gasteiger partial charge in [-0.25, -0.2) is 9.18 Å². The number of nitrogens with zero attached hydrogens (tertiary/aromatic N) is 2. The number of benzene rings is 1. The van der Waals surface area contributed by atoms with Gasteiger partial charge in [0.15, 0.2) is 11.6 Å². The van der Waals surface area contributed by atoms with Crippen LogP contribution in [0.2, 0.25) is 0 Å². The van der Waals surface area contributed by atoms with Gasteiger partial charge in [-0.05, 0) is 18.2 Å². The first-order valence-corrected chi connectivity index (χ1v) is 5.00. The van der Waals surface area contributed by atoms with E-state index in [1.165, 1.54) is 26.4 Å². The van der Waals surface area contributed by atoms with Gasteiger partial charge < -0.3 is 9.47 Å². The Morgan fingerprint density at radius 3 is 2.61 bits per heavy atom. The van der Waals surface area contributed by atoms with E-state index in [0.717, 1.165) is 0 Å². The quantitative estimate of drug-likeness (QED) is 0.880. The topological polar surface area (TPSA) is 77.1 Å². The SMILES string of the molecule is COc1nc(-c2ccc(OC)c(F)c2)[nH]c(=O)n1. The van der Waals surface area contributed by atoms with Crippen LogP contribution in [0.15, 0.2) is 23.0 Å². The predicted octanol–water partition coefficient (Wildman–Crippen LogP) is 0.988. The zero-order valence-electron chi connectivity index (χ0n) is 9.73. The zero-order chi connectivity index (χ0) is 13.1. The number of ether oxygens (including phenoxy) is 2. The highest BCUT2D eigenvalue weighted by Gasteiger charge is 2.09. The fourth-order valence-electron chi connectivity index (χ4n) is 1.41. The average molecular weight is 251 g/mol. The van der Waals surface area contributed by atoms with Crippen molar-refractivity contribution in [2.45, 2.75) is 0 Å². The molecule has 0 spiro atoms. The average Bonchev–Trinajstić information content (AvgIpc) is 2.37. The summed E-state index contributed by atoms with van der Waals surface area (Å²) < 4.78 is 23.1. The zero-order valence-corrected chi connectivity index (χ0v) is 9.73. The maximum atomic E-state index is 13.5. The molecule has 94 valence electrons. The Balaban J connectivity index is 2.51. The van der Waals surface area contributed by atoms with Crippen molar-refractivity contribution in [1.82, 2.24) is 15.0 Å². The van der Waals surface area contributed by atoms with Crippen LogP contribution < -0.4 is 15.2 Å². The standard InChI is InChI=1S/C11H10FN3O3/c1-17-8-4-3-6(5-7(8)12)9-13-10(16)15-11(14-9)18-2/h3-5H,1-2H3,(H,13,14,15,16). The van der Waals surface area contributed by atoms with Crippen LogP contribution in [0.4, 0.5) is 4.39 Å². The molecule has 0 saturated heterocycles. The Morgan fingerprint density at radius 2 is 2.00 bits per heavy atom. The summed E-state index contributed by atoms with van der Waals surface area (Å²) in [7, 11) is 2.71. The van der Waals surface area contributed by atoms with Gasteiger partial charge >= 0.3 is 11.7 Å². The lowest BCUT2D eigenvalue weighted by Gasteiger charge is -2.05.